The van der Waals surface area contributed by atoms with Crippen molar-refractivity contribution in [2.45, 2.75) is 6.92 Å². The minimum atomic E-state index is 0. The van der Waals surface area contributed by atoms with Gasteiger partial charge in [0.25, 0.3) is 0 Å². The number of anilines is 2. The van der Waals surface area contributed by atoms with E-state index in [-0.39, 0.29) is 2.85 Å². The van der Waals surface area contributed by atoms with Gasteiger partial charge < -0.3 is 5.32 Å². The predicted octanol–water partition coefficient (Wildman–Crippen LogP) is 1.74. The molecule has 5 nitrogen and oxygen atoms in total. The second-order valence-electron chi connectivity index (χ2n) is 2.58. The Morgan fingerprint density at radius 3 is 3.00 bits per heavy atom. The highest BCUT2D eigenvalue weighted by Gasteiger charge is 1.96. The van der Waals surface area contributed by atoms with Crippen LogP contribution in [0.3, 0.4) is 0 Å². The second kappa shape index (κ2) is 3.22. The molecule has 5 heteroatoms. The number of rotatable bonds is 2. The summed E-state index contributed by atoms with van der Waals surface area (Å²) in [5.41, 5.74) is 0. The molecule has 2 N–H and O–H groups in total. The van der Waals surface area contributed by atoms with Crippen molar-refractivity contribution in [3.05, 3.63) is 30.4 Å². The Kier molecular flexibility index (Phi) is 1.91. The standard InChI is InChI=1S/C8H9N5.2H2/c1-6-9-4-2-7(11-6)12-8-3-5-10-13-8;;/h2-5H,1H3,(H2,9,10,11,12,13);2*1H. The average molecular weight is 179 g/mol. The first kappa shape index (κ1) is 7.72. The van der Waals surface area contributed by atoms with Crippen LogP contribution in [0, 0.1) is 6.92 Å². The summed E-state index contributed by atoms with van der Waals surface area (Å²) in [6.07, 6.45) is 3.39. The molecular weight excluding hydrogens is 166 g/mol. The molecule has 0 saturated heterocycles. The zero-order valence-corrected chi connectivity index (χ0v) is 7.15. The van der Waals surface area contributed by atoms with E-state index in [4.69, 9.17) is 0 Å². The van der Waals surface area contributed by atoms with E-state index in [0.29, 0.717) is 0 Å². The molecule has 0 atom stereocenters. The summed E-state index contributed by atoms with van der Waals surface area (Å²) in [4.78, 5) is 8.17. The molecule has 2 aromatic heterocycles. The molecule has 2 heterocycles. The van der Waals surface area contributed by atoms with E-state index in [2.05, 4.69) is 25.5 Å². The Morgan fingerprint density at radius 1 is 1.38 bits per heavy atom. The molecule has 13 heavy (non-hydrogen) atoms. The fourth-order valence-corrected chi connectivity index (χ4v) is 0.989. The first-order valence-corrected chi connectivity index (χ1v) is 3.90. The normalized spacial score (nSPS) is 9.92. The zero-order valence-electron chi connectivity index (χ0n) is 7.15. The number of aromatic amines is 1. The lowest BCUT2D eigenvalue weighted by molar-refractivity contribution is 1.04. The highest BCUT2D eigenvalue weighted by atomic mass is 15.2. The van der Waals surface area contributed by atoms with Crippen molar-refractivity contribution >= 4 is 11.6 Å². The van der Waals surface area contributed by atoms with Gasteiger partial charge in [-0.25, -0.2) is 9.97 Å². The van der Waals surface area contributed by atoms with Crippen LogP contribution in [0.5, 0.6) is 0 Å². The quantitative estimate of drug-likeness (QED) is 0.737. The van der Waals surface area contributed by atoms with Crippen LogP contribution in [-0.2, 0) is 0 Å². The molecule has 0 amide bonds. The van der Waals surface area contributed by atoms with Crippen molar-refractivity contribution in [3.63, 3.8) is 0 Å². The maximum absolute atomic E-state index is 4.18. The third-order valence-electron chi connectivity index (χ3n) is 1.54. The maximum atomic E-state index is 4.18. The molecule has 0 aliphatic heterocycles. The van der Waals surface area contributed by atoms with Crippen molar-refractivity contribution in [1.29, 1.82) is 0 Å². The number of nitrogens with one attached hydrogen (secondary N) is 2. The van der Waals surface area contributed by atoms with E-state index in [1.807, 2.05) is 13.0 Å². The SMILES string of the molecule is Cc1nccc(Nc2ccn[nH]2)n1.[HH].[HH]. The molecule has 70 valence electrons. The van der Waals surface area contributed by atoms with Crippen molar-refractivity contribution in [1.82, 2.24) is 20.2 Å². The van der Waals surface area contributed by atoms with Gasteiger partial charge in [-0.3, -0.25) is 5.10 Å². The molecule has 0 aliphatic carbocycles. The molecule has 2 aromatic rings. The van der Waals surface area contributed by atoms with Gasteiger partial charge in [-0.1, -0.05) is 0 Å². The zero-order chi connectivity index (χ0) is 9.10. The van der Waals surface area contributed by atoms with E-state index in [0.717, 1.165) is 17.5 Å². The number of hydrogen-bond acceptors (Lipinski definition) is 4. The lowest BCUT2D eigenvalue weighted by Crippen LogP contribution is -1.96. The highest BCUT2D eigenvalue weighted by Crippen LogP contribution is 2.09. The molecule has 0 bridgehead atoms. The summed E-state index contributed by atoms with van der Waals surface area (Å²) in [6, 6.07) is 3.63. The summed E-state index contributed by atoms with van der Waals surface area (Å²) in [5.74, 6) is 2.32. The Labute approximate surface area is 78.2 Å². The third-order valence-corrected chi connectivity index (χ3v) is 1.54. The average Bonchev–Trinajstić information content (AvgIpc) is 2.57. The van der Waals surface area contributed by atoms with Crippen LogP contribution in [0.2, 0.25) is 0 Å². The summed E-state index contributed by atoms with van der Waals surface area (Å²) in [5, 5.41) is 9.65. The number of aromatic nitrogens is 4. The minimum Gasteiger partial charge on any atom is -0.325 e. The Balaban J connectivity index is 0.000000980. The first-order chi connectivity index (χ1) is 6.34. The molecular formula is C8H13N5. The largest absolute Gasteiger partial charge is 0.325 e. The van der Waals surface area contributed by atoms with Gasteiger partial charge in [0.15, 0.2) is 0 Å². The number of hydrogen-bond donors (Lipinski definition) is 2. The molecule has 0 saturated carbocycles. The van der Waals surface area contributed by atoms with Crippen LogP contribution < -0.4 is 5.32 Å². The van der Waals surface area contributed by atoms with Crippen LogP contribution in [0.1, 0.15) is 8.68 Å². The highest BCUT2D eigenvalue weighted by molar-refractivity contribution is 5.49. The number of H-pyrrole nitrogens is 1. The van der Waals surface area contributed by atoms with Crippen molar-refractivity contribution in [3.8, 4) is 0 Å². The molecule has 0 spiro atoms. The van der Waals surface area contributed by atoms with E-state index in [1.54, 1.807) is 18.5 Å². The number of aryl methyl sites for hydroxylation is 1. The fourth-order valence-electron chi connectivity index (χ4n) is 0.989. The maximum Gasteiger partial charge on any atom is 0.135 e. The van der Waals surface area contributed by atoms with Crippen LogP contribution in [0.25, 0.3) is 0 Å². The van der Waals surface area contributed by atoms with E-state index < -0.39 is 0 Å². The predicted molar refractivity (Wildman–Crippen MR) is 52.9 cm³/mol. The van der Waals surface area contributed by atoms with Crippen molar-refractivity contribution in [2.75, 3.05) is 5.32 Å². The summed E-state index contributed by atoms with van der Waals surface area (Å²) in [6.45, 7) is 1.85. The van der Waals surface area contributed by atoms with Gasteiger partial charge in [0, 0.05) is 15.1 Å². The molecule has 0 radical (unpaired) electrons. The van der Waals surface area contributed by atoms with E-state index in [1.165, 1.54) is 0 Å². The van der Waals surface area contributed by atoms with Gasteiger partial charge in [0.2, 0.25) is 0 Å². The van der Waals surface area contributed by atoms with Gasteiger partial charge in [-0.15, -0.1) is 0 Å². The summed E-state index contributed by atoms with van der Waals surface area (Å²) in [7, 11) is 0. The Hall–Kier alpha value is -1.91. The van der Waals surface area contributed by atoms with Gasteiger partial charge in [0.05, 0.1) is 6.20 Å². The molecule has 0 unspecified atom stereocenters. The molecule has 2 rings (SSSR count). The summed E-state index contributed by atoms with van der Waals surface area (Å²) >= 11 is 0. The van der Waals surface area contributed by atoms with Crippen molar-refractivity contribution < 1.29 is 2.85 Å². The third kappa shape index (κ3) is 1.81. The second-order valence-corrected chi connectivity index (χ2v) is 2.58. The van der Waals surface area contributed by atoms with Crippen LogP contribution in [-0.4, -0.2) is 20.2 Å². The van der Waals surface area contributed by atoms with Gasteiger partial charge in [0.1, 0.15) is 17.5 Å². The monoisotopic (exact) mass is 179 g/mol. The summed E-state index contributed by atoms with van der Waals surface area (Å²) < 4.78 is 0. The van der Waals surface area contributed by atoms with E-state index >= 15 is 0 Å². The minimum absolute atomic E-state index is 0. The molecule has 0 aliphatic rings. The van der Waals surface area contributed by atoms with Crippen LogP contribution in [0.4, 0.5) is 11.6 Å². The smallest absolute Gasteiger partial charge is 0.135 e. The van der Waals surface area contributed by atoms with Gasteiger partial charge in [-0.2, -0.15) is 5.10 Å². The Bertz CT molecular complexity index is 390. The number of nitrogens with zero attached hydrogens (tertiary/aromatic N) is 3. The lowest BCUT2D eigenvalue weighted by Gasteiger charge is -2.01. The van der Waals surface area contributed by atoms with Crippen LogP contribution >= 0.6 is 0 Å². The Morgan fingerprint density at radius 2 is 2.31 bits per heavy atom. The van der Waals surface area contributed by atoms with E-state index in [9.17, 15) is 0 Å². The van der Waals surface area contributed by atoms with Gasteiger partial charge >= 0.3 is 0 Å². The van der Waals surface area contributed by atoms with Crippen molar-refractivity contribution in [2.24, 2.45) is 0 Å². The topological polar surface area (TPSA) is 66.5 Å². The van der Waals surface area contributed by atoms with Gasteiger partial charge in [-0.05, 0) is 13.0 Å². The first-order valence-electron chi connectivity index (χ1n) is 3.90. The molecule has 0 fully saturated rings. The fraction of sp³-hybridized carbons (Fsp3) is 0.125. The lowest BCUT2D eigenvalue weighted by atomic mass is 10.5. The molecule has 0 aromatic carbocycles. The van der Waals surface area contributed by atoms with Crippen LogP contribution in [0.15, 0.2) is 24.5 Å².